The number of anilines is 1. The van der Waals surface area contributed by atoms with Crippen molar-refractivity contribution < 1.29 is 21.9 Å². The molecule has 0 spiro atoms. The summed E-state index contributed by atoms with van der Waals surface area (Å²) in [6.07, 6.45) is 5.77. The molecule has 0 fully saturated rings. The minimum Gasteiger partial charge on any atom is -0.370 e. The number of nitrogens with zero attached hydrogens (tertiary/aromatic N) is 7. The van der Waals surface area contributed by atoms with E-state index in [0.29, 0.717) is 36.3 Å². The van der Waals surface area contributed by atoms with Gasteiger partial charge in [0.05, 0.1) is 29.3 Å². The van der Waals surface area contributed by atoms with Crippen LogP contribution in [0.2, 0.25) is 0 Å². The van der Waals surface area contributed by atoms with E-state index in [1.165, 1.54) is 25.4 Å². The molecule has 1 aliphatic heterocycles. The summed E-state index contributed by atoms with van der Waals surface area (Å²) < 4.78 is 68.5. The molecule has 39 heavy (non-hydrogen) atoms. The third-order valence-corrected chi connectivity index (χ3v) is 8.23. The van der Waals surface area contributed by atoms with Crippen LogP contribution in [0.4, 0.5) is 14.7 Å². The highest BCUT2D eigenvalue weighted by Crippen LogP contribution is 2.34. The van der Waals surface area contributed by atoms with E-state index < -0.39 is 38.7 Å². The smallest absolute Gasteiger partial charge is 0.243 e. The molecule has 0 saturated heterocycles. The number of hydrogen-bond acceptors (Lipinski definition) is 8. The first-order valence-electron chi connectivity index (χ1n) is 12.6. The predicted octanol–water partition coefficient (Wildman–Crippen LogP) is 3.75. The molecule has 206 valence electrons. The van der Waals surface area contributed by atoms with Crippen LogP contribution in [0.3, 0.4) is 0 Å². The lowest BCUT2D eigenvalue weighted by molar-refractivity contribution is 0.0495. The summed E-state index contributed by atoms with van der Waals surface area (Å²) in [5, 5.41) is 11.3. The molecule has 0 amide bonds. The lowest BCUT2D eigenvalue weighted by Crippen LogP contribution is -2.34. The van der Waals surface area contributed by atoms with Gasteiger partial charge in [0, 0.05) is 25.0 Å². The van der Waals surface area contributed by atoms with Gasteiger partial charge in [0.2, 0.25) is 16.0 Å². The van der Waals surface area contributed by atoms with Crippen LogP contribution in [0.15, 0.2) is 36.8 Å². The average Bonchev–Trinajstić information content (AvgIpc) is 3.62. The molecule has 2 atom stereocenters. The van der Waals surface area contributed by atoms with Gasteiger partial charge in [0.25, 0.3) is 0 Å². The molecule has 5 rings (SSSR count). The molecule has 1 N–H and O–H groups in total. The zero-order valence-corrected chi connectivity index (χ0v) is 22.5. The van der Waals surface area contributed by atoms with Crippen molar-refractivity contribution >= 4 is 16.0 Å². The number of rotatable bonds is 10. The van der Waals surface area contributed by atoms with Crippen molar-refractivity contribution in [1.82, 2.24) is 34.5 Å². The van der Waals surface area contributed by atoms with Crippen LogP contribution in [0.5, 0.6) is 0 Å². The number of nitrogens with one attached hydrogen (secondary N) is 1. The minimum absolute atomic E-state index is 0.0655. The van der Waals surface area contributed by atoms with Crippen LogP contribution in [-0.4, -0.2) is 54.8 Å². The first kappa shape index (κ1) is 26.8. The number of benzene rings is 1. The number of aryl methyl sites for hydroxylation is 2. The van der Waals surface area contributed by atoms with Crippen LogP contribution >= 0.6 is 0 Å². The molecular weight excluding hydrogens is 530 g/mol. The second kappa shape index (κ2) is 10.8. The molecule has 4 aromatic rings. The number of fused-ring (bicyclic) bond motifs is 1. The van der Waals surface area contributed by atoms with Crippen LogP contribution in [0.1, 0.15) is 49.9 Å². The van der Waals surface area contributed by atoms with Crippen molar-refractivity contribution in [2.45, 2.75) is 57.9 Å². The third kappa shape index (κ3) is 5.13. The number of ether oxygens (including phenoxy) is 1. The molecule has 0 saturated carbocycles. The Morgan fingerprint density at radius 2 is 1.90 bits per heavy atom. The maximum Gasteiger partial charge on any atom is 0.243 e. The molecule has 4 heterocycles. The summed E-state index contributed by atoms with van der Waals surface area (Å²) in [5.41, 5.74) is 1.84. The second-order valence-corrected chi connectivity index (χ2v) is 11.3. The second-order valence-electron chi connectivity index (χ2n) is 9.31. The molecule has 3 aromatic heterocycles. The zero-order chi connectivity index (χ0) is 27.7. The summed E-state index contributed by atoms with van der Waals surface area (Å²) in [7, 11) is -4.26. The van der Waals surface area contributed by atoms with Crippen molar-refractivity contribution in [3.05, 3.63) is 65.5 Å². The summed E-state index contributed by atoms with van der Waals surface area (Å²) in [6.45, 7) is 6.11. The van der Waals surface area contributed by atoms with Gasteiger partial charge in [0.15, 0.2) is 5.82 Å². The SMILES string of the molecule is CCCO[C@@H](c1cnc(C)cn1)[C@H](C)S(=O)(=O)Nc1nnc(-c2cnn3c2CCC3)n1-c1c(F)cccc1F. The molecule has 1 aliphatic rings. The van der Waals surface area contributed by atoms with Crippen molar-refractivity contribution in [1.29, 1.82) is 0 Å². The Balaban J connectivity index is 1.58. The summed E-state index contributed by atoms with van der Waals surface area (Å²) in [5.74, 6) is -2.13. The number of sulfonamides is 1. The first-order chi connectivity index (χ1) is 18.7. The van der Waals surface area contributed by atoms with Gasteiger partial charge < -0.3 is 4.74 Å². The molecule has 0 bridgehead atoms. The highest BCUT2D eigenvalue weighted by atomic mass is 32.2. The maximum atomic E-state index is 15.1. The van der Waals surface area contributed by atoms with Gasteiger partial charge in [-0.15, -0.1) is 10.2 Å². The van der Waals surface area contributed by atoms with Crippen molar-refractivity contribution in [2.24, 2.45) is 0 Å². The van der Waals surface area contributed by atoms with Crippen LogP contribution in [0.25, 0.3) is 17.1 Å². The molecule has 1 aromatic carbocycles. The third-order valence-electron chi connectivity index (χ3n) is 6.54. The molecule has 0 radical (unpaired) electrons. The Morgan fingerprint density at radius 3 is 2.59 bits per heavy atom. The van der Waals surface area contributed by atoms with Crippen LogP contribution in [0, 0.1) is 18.6 Å². The van der Waals surface area contributed by atoms with E-state index in [9.17, 15) is 8.42 Å². The minimum atomic E-state index is -4.26. The molecule has 11 nitrogen and oxygen atoms in total. The first-order valence-corrected chi connectivity index (χ1v) is 14.1. The quantitative estimate of drug-likeness (QED) is 0.312. The Labute approximate surface area is 224 Å². The van der Waals surface area contributed by atoms with Gasteiger partial charge in [-0.3, -0.25) is 23.9 Å². The predicted molar refractivity (Wildman–Crippen MR) is 139 cm³/mol. The van der Waals surface area contributed by atoms with Gasteiger partial charge in [-0.05, 0) is 45.2 Å². The lowest BCUT2D eigenvalue weighted by atomic mass is 10.2. The van der Waals surface area contributed by atoms with Gasteiger partial charge in [-0.2, -0.15) is 5.10 Å². The van der Waals surface area contributed by atoms with E-state index in [-0.39, 0.29) is 18.4 Å². The van der Waals surface area contributed by atoms with Crippen molar-refractivity contribution in [3.63, 3.8) is 0 Å². The molecule has 0 aliphatic carbocycles. The summed E-state index contributed by atoms with van der Waals surface area (Å²) >= 11 is 0. The highest BCUT2D eigenvalue weighted by molar-refractivity contribution is 7.93. The van der Waals surface area contributed by atoms with Gasteiger partial charge in [-0.25, -0.2) is 17.2 Å². The topological polar surface area (TPSA) is 130 Å². The molecular formula is C25H28F2N8O3S. The summed E-state index contributed by atoms with van der Waals surface area (Å²) in [4.78, 5) is 8.53. The van der Waals surface area contributed by atoms with Gasteiger partial charge in [0.1, 0.15) is 28.7 Å². The van der Waals surface area contributed by atoms with Crippen molar-refractivity contribution in [3.8, 4) is 17.1 Å². The highest BCUT2D eigenvalue weighted by Gasteiger charge is 2.35. The van der Waals surface area contributed by atoms with E-state index >= 15 is 8.78 Å². The largest absolute Gasteiger partial charge is 0.370 e. The fourth-order valence-electron chi connectivity index (χ4n) is 4.53. The van der Waals surface area contributed by atoms with E-state index in [0.717, 1.165) is 28.8 Å². The Morgan fingerprint density at radius 1 is 1.13 bits per heavy atom. The lowest BCUT2D eigenvalue weighted by Gasteiger charge is -2.24. The number of aromatic nitrogens is 7. The average molecular weight is 559 g/mol. The molecule has 14 heteroatoms. The standard InChI is InChI=1S/C25H28F2N8O3S/c1-4-11-38-23(20-14-28-15(2)12-29-20)16(3)39(36,37)33-25-32-31-24(17-13-30-34-10-6-9-21(17)34)35(25)22-18(26)7-5-8-19(22)27/h5,7-8,12-14,16,23H,4,6,9-11H2,1-3H3,(H,32,33)/t16-,23+/m0/s1. The molecule has 0 unspecified atom stereocenters. The fraction of sp³-hybridized carbons (Fsp3) is 0.400. The van der Waals surface area contributed by atoms with Crippen LogP contribution < -0.4 is 4.72 Å². The van der Waals surface area contributed by atoms with E-state index in [2.05, 4.69) is 30.0 Å². The van der Waals surface area contributed by atoms with Crippen molar-refractivity contribution in [2.75, 3.05) is 11.3 Å². The number of hydrogen-bond donors (Lipinski definition) is 1. The van der Waals surface area contributed by atoms with E-state index in [4.69, 9.17) is 4.74 Å². The fourth-order valence-corrected chi connectivity index (χ4v) is 5.64. The number of halogens is 2. The van der Waals surface area contributed by atoms with Gasteiger partial charge >= 0.3 is 0 Å². The Bertz CT molecular complexity index is 1570. The van der Waals surface area contributed by atoms with Gasteiger partial charge in [-0.1, -0.05) is 13.0 Å². The monoisotopic (exact) mass is 558 g/mol. The van der Waals surface area contributed by atoms with Crippen LogP contribution in [-0.2, 0) is 27.7 Å². The van der Waals surface area contributed by atoms with E-state index in [1.807, 2.05) is 6.92 Å². The van der Waals surface area contributed by atoms with E-state index in [1.54, 1.807) is 17.8 Å². The zero-order valence-electron chi connectivity index (χ0n) is 21.7. The Kier molecular flexibility index (Phi) is 7.40. The Hall–Kier alpha value is -3.78. The maximum absolute atomic E-state index is 15.1. The normalized spacial score (nSPS) is 14.8. The number of para-hydroxylation sites is 1. The summed E-state index contributed by atoms with van der Waals surface area (Å²) in [6, 6.07) is 3.38.